The second kappa shape index (κ2) is 8.64. The fourth-order valence-corrected chi connectivity index (χ4v) is 3.34. The first-order chi connectivity index (χ1) is 14.3. The normalized spacial score (nSPS) is 13.7. The molecule has 0 unspecified atom stereocenters. The molecule has 0 aromatic heterocycles. The van der Waals surface area contributed by atoms with Gasteiger partial charge in [0.25, 0.3) is 17.3 Å². The van der Waals surface area contributed by atoms with Crippen LogP contribution in [0.1, 0.15) is 10.4 Å². The number of nitro groups is 2. The molecule has 30 heavy (non-hydrogen) atoms. The number of nitro benzene ring substituents is 2. The number of non-ortho nitro benzene ring substituents is 1. The first-order valence-electron chi connectivity index (χ1n) is 9.04. The molecule has 0 bridgehead atoms. The number of carbonyl (C=O) groups is 1. The zero-order chi connectivity index (χ0) is 21.8. The fraction of sp³-hybridized carbons (Fsp3) is 0.316. The lowest BCUT2D eigenvalue weighted by Gasteiger charge is -2.35. The summed E-state index contributed by atoms with van der Waals surface area (Å²) in [6, 6.07) is 8.48. The number of methoxy groups -OCH3 is 2. The lowest BCUT2D eigenvalue weighted by atomic mass is 10.1. The molecule has 0 N–H and O–H groups in total. The van der Waals surface area contributed by atoms with Gasteiger partial charge in [0.2, 0.25) is 0 Å². The Morgan fingerprint density at radius 3 is 2.13 bits per heavy atom. The number of benzene rings is 2. The van der Waals surface area contributed by atoms with Crippen LogP contribution in [0.25, 0.3) is 0 Å². The molecule has 2 aromatic rings. The number of amides is 1. The first-order valence-corrected chi connectivity index (χ1v) is 9.04. The van der Waals surface area contributed by atoms with Crippen molar-refractivity contribution in [3.8, 4) is 11.5 Å². The monoisotopic (exact) mass is 416 g/mol. The molecule has 1 saturated heterocycles. The van der Waals surface area contributed by atoms with Crippen LogP contribution in [0.3, 0.4) is 0 Å². The summed E-state index contributed by atoms with van der Waals surface area (Å²) >= 11 is 0. The molecule has 11 heteroatoms. The van der Waals surface area contributed by atoms with E-state index in [1.54, 1.807) is 28.0 Å². The molecule has 0 saturated carbocycles. The molecule has 0 aliphatic carbocycles. The van der Waals surface area contributed by atoms with E-state index in [9.17, 15) is 25.0 Å². The predicted molar refractivity (Wildman–Crippen MR) is 107 cm³/mol. The van der Waals surface area contributed by atoms with Crippen molar-refractivity contribution in [1.82, 2.24) is 4.90 Å². The van der Waals surface area contributed by atoms with E-state index in [4.69, 9.17) is 9.47 Å². The van der Waals surface area contributed by atoms with Crippen molar-refractivity contribution in [2.24, 2.45) is 0 Å². The van der Waals surface area contributed by atoms with Gasteiger partial charge in [-0.15, -0.1) is 0 Å². The standard InChI is InChI=1S/C19H20N4O7/c1-29-17-6-3-13(11-18(17)30-2)19(24)21-9-7-20(8-10-21)15-5-4-14(22(25)26)12-16(15)23(27)28/h3-6,11-12H,7-10H2,1-2H3. The maximum absolute atomic E-state index is 12.8. The zero-order valence-electron chi connectivity index (χ0n) is 16.4. The average Bonchev–Trinajstić information content (AvgIpc) is 2.77. The molecular formula is C19H20N4O7. The van der Waals surface area contributed by atoms with E-state index >= 15 is 0 Å². The van der Waals surface area contributed by atoms with Crippen LogP contribution < -0.4 is 14.4 Å². The van der Waals surface area contributed by atoms with Crippen molar-refractivity contribution < 1.29 is 24.1 Å². The summed E-state index contributed by atoms with van der Waals surface area (Å²) in [6.07, 6.45) is 0. The summed E-state index contributed by atoms with van der Waals surface area (Å²) in [4.78, 5) is 37.2. The molecular weight excluding hydrogens is 396 g/mol. The summed E-state index contributed by atoms with van der Waals surface area (Å²) in [5, 5.41) is 22.3. The van der Waals surface area contributed by atoms with E-state index in [1.165, 1.54) is 26.4 Å². The Morgan fingerprint density at radius 1 is 0.900 bits per heavy atom. The smallest absolute Gasteiger partial charge is 0.299 e. The van der Waals surface area contributed by atoms with Gasteiger partial charge in [-0.3, -0.25) is 25.0 Å². The molecule has 0 spiro atoms. The summed E-state index contributed by atoms with van der Waals surface area (Å²) < 4.78 is 10.4. The minimum absolute atomic E-state index is 0.186. The van der Waals surface area contributed by atoms with Crippen LogP contribution in [0.4, 0.5) is 17.1 Å². The minimum Gasteiger partial charge on any atom is -0.493 e. The van der Waals surface area contributed by atoms with Crippen molar-refractivity contribution in [3.63, 3.8) is 0 Å². The molecule has 1 aliphatic heterocycles. The average molecular weight is 416 g/mol. The number of nitrogens with zero attached hydrogens (tertiary/aromatic N) is 4. The number of hydrogen-bond donors (Lipinski definition) is 0. The molecule has 11 nitrogen and oxygen atoms in total. The molecule has 1 heterocycles. The maximum Gasteiger partial charge on any atom is 0.299 e. The van der Waals surface area contributed by atoms with E-state index in [-0.39, 0.29) is 17.3 Å². The van der Waals surface area contributed by atoms with E-state index < -0.39 is 9.85 Å². The topological polar surface area (TPSA) is 128 Å². The highest BCUT2D eigenvalue weighted by atomic mass is 16.6. The Hall–Kier alpha value is -3.89. The maximum atomic E-state index is 12.8. The fourth-order valence-electron chi connectivity index (χ4n) is 3.34. The number of rotatable bonds is 6. The molecule has 158 valence electrons. The number of ether oxygens (including phenoxy) is 2. The highest BCUT2D eigenvalue weighted by Gasteiger charge is 2.28. The number of piperazine rings is 1. The van der Waals surface area contributed by atoms with Crippen LogP contribution in [0.5, 0.6) is 11.5 Å². The Labute approximate surface area is 171 Å². The molecule has 1 amide bonds. The summed E-state index contributed by atoms with van der Waals surface area (Å²) in [5.41, 5.74) is 0.0721. The van der Waals surface area contributed by atoms with Crippen molar-refractivity contribution in [2.75, 3.05) is 45.3 Å². The third-order valence-electron chi connectivity index (χ3n) is 4.90. The van der Waals surface area contributed by atoms with Gasteiger partial charge in [0, 0.05) is 37.8 Å². The zero-order valence-corrected chi connectivity index (χ0v) is 16.4. The molecule has 1 fully saturated rings. The Kier molecular flexibility index (Phi) is 6.00. The highest BCUT2D eigenvalue weighted by molar-refractivity contribution is 5.95. The van der Waals surface area contributed by atoms with Crippen molar-refractivity contribution in [1.29, 1.82) is 0 Å². The van der Waals surface area contributed by atoms with Crippen LogP contribution in [-0.4, -0.2) is 61.1 Å². The first kappa shape index (κ1) is 20.8. The quantitative estimate of drug-likeness (QED) is 0.519. The molecule has 1 aliphatic rings. The molecule has 0 radical (unpaired) electrons. The lowest BCUT2D eigenvalue weighted by molar-refractivity contribution is -0.393. The number of carbonyl (C=O) groups excluding carboxylic acids is 1. The van der Waals surface area contributed by atoms with Gasteiger partial charge in [-0.25, -0.2) is 0 Å². The van der Waals surface area contributed by atoms with E-state index in [0.29, 0.717) is 48.9 Å². The minimum atomic E-state index is -0.670. The van der Waals surface area contributed by atoms with Gasteiger partial charge in [-0.1, -0.05) is 0 Å². The van der Waals surface area contributed by atoms with Crippen LogP contribution >= 0.6 is 0 Å². The van der Waals surface area contributed by atoms with Crippen LogP contribution in [-0.2, 0) is 0 Å². The number of anilines is 1. The second-order valence-electron chi connectivity index (χ2n) is 6.54. The van der Waals surface area contributed by atoms with Gasteiger partial charge < -0.3 is 19.3 Å². The van der Waals surface area contributed by atoms with Crippen molar-refractivity contribution in [3.05, 3.63) is 62.2 Å². The Morgan fingerprint density at radius 2 is 1.57 bits per heavy atom. The third kappa shape index (κ3) is 4.09. The van der Waals surface area contributed by atoms with Gasteiger partial charge in [0.15, 0.2) is 11.5 Å². The Bertz CT molecular complexity index is 987. The van der Waals surface area contributed by atoms with Crippen LogP contribution in [0.15, 0.2) is 36.4 Å². The van der Waals surface area contributed by atoms with Crippen molar-refractivity contribution >= 4 is 23.0 Å². The summed E-state index contributed by atoms with van der Waals surface area (Å²) in [7, 11) is 3.00. The summed E-state index contributed by atoms with van der Waals surface area (Å²) in [5.74, 6) is 0.779. The lowest BCUT2D eigenvalue weighted by Crippen LogP contribution is -2.49. The third-order valence-corrected chi connectivity index (χ3v) is 4.90. The predicted octanol–water partition coefficient (Wildman–Crippen LogP) is 2.48. The van der Waals surface area contributed by atoms with E-state index in [2.05, 4.69) is 0 Å². The SMILES string of the molecule is COc1ccc(C(=O)N2CCN(c3ccc([N+](=O)[O-])cc3[N+](=O)[O-])CC2)cc1OC. The molecule has 0 atom stereocenters. The molecule has 2 aromatic carbocycles. The summed E-state index contributed by atoms with van der Waals surface area (Å²) in [6.45, 7) is 1.41. The van der Waals surface area contributed by atoms with Crippen LogP contribution in [0, 0.1) is 20.2 Å². The highest BCUT2D eigenvalue weighted by Crippen LogP contribution is 2.33. The van der Waals surface area contributed by atoms with Crippen LogP contribution in [0.2, 0.25) is 0 Å². The van der Waals surface area contributed by atoms with Gasteiger partial charge >= 0.3 is 0 Å². The van der Waals surface area contributed by atoms with Gasteiger partial charge in [0.05, 0.1) is 30.1 Å². The molecule has 3 rings (SSSR count). The second-order valence-corrected chi connectivity index (χ2v) is 6.54. The van der Waals surface area contributed by atoms with E-state index in [1.807, 2.05) is 0 Å². The van der Waals surface area contributed by atoms with Gasteiger partial charge in [-0.2, -0.15) is 0 Å². The van der Waals surface area contributed by atoms with E-state index in [0.717, 1.165) is 6.07 Å². The number of hydrogen-bond acceptors (Lipinski definition) is 8. The van der Waals surface area contributed by atoms with Gasteiger partial charge in [0.1, 0.15) is 5.69 Å². The van der Waals surface area contributed by atoms with Crippen molar-refractivity contribution in [2.45, 2.75) is 0 Å². The largest absolute Gasteiger partial charge is 0.493 e. The Balaban J connectivity index is 1.74. The van der Waals surface area contributed by atoms with Gasteiger partial charge in [-0.05, 0) is 24.3 Å².